The van der Waals surface area contributed by atoms with E-state index in [4.69, 9.17) is 11.6 Å². The highest BCUT2D eigenvalue weighted by Gasteiger charge is 2.29. The van der Waals surface area contributed by atoms with Crippen molar-refractivity contribution in [2.24, 2.45) is 0 Å². The van der Waals surface area contributed by atoms with Gasteiger partial charge in [-0.2, -0.15) is 0 Å². The standard InChI is InChI=1S/C27H29ClN2O2S/c1-20-7-6-10-23(15-20)18-33-19-26(31)30(17-22-11-13-24(28)14-12-22)25(27(32)29-2)16-21-8-4-3-5-9-21/h3-15,25H,16-19H2,1-2H3,(H,29,32)/t25-/m0/s1. The minimum Gasteiger partial charge on any atom is -0.357 e. The number of halogens is 1. The first kappa shape index (κ1) is 24.9. The summed E-state index contributed by atoms with van der Waals surface area (Å²) in [7, 11) is 1.61. The number of aryl methyl sites for hydroxylation is 1. The summed E-state index contributed by atoms with van der Waals surface area (Å²) < 4.78 is 0. The molecule has 0 bridgehead atoms. The van der Waals surface area contributed by atoms with Crippen molar-refractivity contribution >= 4 is 35.2 Å². The number of amides is 2. The fourth-order valence-corrected chi connectivity index (χ4v) is 4.63. The summed E-state index contributed by atoms with van der Waals surface area (Å²) in [5.74, 6) is 0.798. The molecule has 0 unspecified atom stereocenters. The molecule has 0 saturated heterocycles. The van der Waals surface area contributed by atoms with E-state index in [-0.39, 0.29) is 11.8 Å². The summed E-state index contributed by atoms with van der Waals surface area (Å²) in [5.41, 5.74) is 4.32. The molecule has 0 saturated carbocycles. The molecule has 0 radical (unpaired) electrons. The van der Waals surface area contributed by atoms with Gasteiger partial charge in [-0.3, -0.25) is 9.59 Å². The Hall–Kier alpha value is -2.76. The number of nitrogens with one attached hydrogen (secondary N) is 1. The number of carbonyl (C=O) groups excluding carboxylic acids is 2. The largest absolute Gasteiger partial charge is 0.357 e. The summed E-state index contributed by atoms with van der Waals surface area (Å²) in [6, 6.07) is 24.9. The van der Waals surface area contributed by atoms with Crippen molar-refractivity contribution in [2.45, 2.75) is 31.7 Å². The van der Waals surface area contributed by atoms with E-state index < -0.39 is 6.04 Å². The number of hydrogen-bond donors (Lipinski definition) is 1. The van der Waals surface area contributed by atoms with Crippen LogP contribution in [0.5, 0.6) is 0 Å². The quantitative estimate of drug-likeness (QED) is 0.430. The van der Waals surface area contributed by atoms with E-state index in [1.54, 1.807) is 35.8 Å². The number of thioether (sulfide) groups is 1. The van der Waals surface area contributed by atoms with E-state index in [0.29, 0.717) is 23.7 Å². The molecule has 0 aliphatic carbocycles. The summed E-state index contributed by atoms with van der Waals surface area (Å²) in [5, 5.41) is 3.38. The molecule has 3 aromatic rings. The van der Waals surface area contributed by atoms with E-state index >= 15 is 0 Å². The zero-order chi connectivity index (χ0) is 23.6. The molecule has 0 heterocycles. The zero-order valence-electron chi connectivity index (χ0n) is 19.0. The van der Waals surface area contributed by atoms with Crippen LogP contribution >= 0.6 is 23.4 Å². The van der Waals surface area contributed by atoms with Crippen LogP contribution in [0.25, 0.3) is 0 Å². The fourth-order valence-electron chi connectivity index (χ4n) is 3.65. The van der Waals surface area contributed by atoms with Crippen LogP contribution in [0, 0.1) is 6.92 Å². The predicted molar refractivity (Wildman–Crippen MR) is 137 cm³/mol. The lowest BCUT2D eigenvalue weighted by Crippen LogP contribution is -2.50. The molecule has 0 aliphatic rings. The highest BCUT2D eigenvalue weighted by molar-refractivity contribution is 7.99. The highest BCUT2D eigenvalue weighted by atomic mass is 35.5. The summed E-state index contributed by atoms with van der Waals surface area (Å²) in [4.78, 5) is 28.0. The third-order valence-electron chi connectivity index (χ3n) is 5.36. The molecule has 6 heteroatoms. The van der Waals surface area contributed by atoms with Crippen LogP contribution in [-0.2, 0) is 28.3 Å². The average Bonchev–Trinajstić information content (AvgIpc) is 2.82. The maximum Gasteiger partial charge on any atom is 0.242 e. The third kappa shape index (κ3) is 7.65. The number of carbonyl (C=O) groups is 2. The normalized spacial score (nSPS) is 11.6. The predicted octanol–water partition coefficient (Wildman–Crippen LogP) is 5.27. The van der Waals surface area contributed by atoms with Gasteiger partial charge in [0.2, 0.25) is 11.8 Å². The molecule has 4 nitrogen and oxygen atoms in total. The second-order valence-electron chi connectivity index (χ2n) is 7.95. The van der Waals surface area contributed by atoms with Crippen molar-refractivity contribution in [1.29, 1.82) is 0 Å². The molecule has 0 fully saturated rings. The van der Waals surface area contributed by atoms with E-state index in [9.17, 15) is 9.59 Å². The lowest BCUT2D eigenvalue weighted by atomic mass is 10.0. The number of rotatable bonds is 10. The SMILES string of the molecule is CNC(=O)[C@H](Cc1ccccc1)N(Cc1ccc(Cl)cc1)C(=O)CSCc1cccc(C)c1. The lowest BCUT2D eigenvalue weighted by molar-refractivity contribution is -0.139. The van der Waals surface area contributed by atoms with Crippen LogP contribution in [0.4, 0.5) is 0 Å². The lowest BCUT2D eigenvalue weighted by Gasteiger charge is -2.31. The Labute approximate surface area is 205 Å². The van der Waals surface area contributed by atoms with Crippen LogP contribution in [0.15, 0.2) is 78.9 Å². The van der Waals surface area contributed by atoms with Crippen LogP contribution in [-0.4, -0.2) is 35.6 Å². The van der Waals surface area contributed by atoms with Crippen molar-refractivity contribution in [3.8, 4) is 0 Å². The second-order valence-corrected chi connectivity index (χ2v) is 9.37. The van der Waals surface area contributed by atoms with E-state index in [0.717, 1.165) is 16.9 Å². The van der Waals surface area contributed by atoms with E-state index in [1.165, 1.54) is 11.1 Å². The number of benzene rings is 3. The first-order valence-electron chi connectivity index (χ1n) is 10.9. The van der Waals surface area contributed by atoms with Gasteiger partial charge in [-0.05, 0) is 35.7 Å². The third-order valence-corrected chi connectivity index (χ3v) is 6.60. The molecule has 1 atom stereocenters. The van der Waals surface area contributed by atoms with Crippen molar-refractivity contribution in [2.75, 3.05) is 12.8 Å². The van der Waals surface area contributed by atoms with Crippen LogP contribution in [0.1, 0.15) is 22.3 Å². The molecule has 0 aromatic heterocycles. The van der Waals surface area contributed by atoms with Crippen LogP contribution in [0.2, 0.25) is 5.02 Å². The van der Waals surface area contributed by atoms with Gasteiger partial charge in [-0.1, -0.05) is 83.9 Å². The fraction of sp³-hybridized carbons (Fsp3) is 0.259. The molecule has 3 aromatic carbocycles. The van der Waals surface area contributed by atoms with Crippen molar-refractivity contribution < 1.29 is 9.59 Å². The average molecular weight is 481 g/mol. The summed E-state index contributed by atoms with van der Waals surface area (Å²) >= 11 is 7.61. The molecule has 1 N–H and O–H groups in total. The van der Waals surface area contributed by atoms with Crippen LogP contribution in [0.3, 0.4) is 0 Å². The van der Waals surface area contributed by atoms with Gasteiger partial charge in [0.15, 0.2) is 0 Å². The molecular formula is C27H29ClN2O2S. The second kappa shape index (κ2) is 12.5. The summed E-state index contributed by atoms with van der Waals surface area (Å²) in [6.07, 6.45) is 0.447. The maximum atomic E-state index is 13.4. The Morgan fingerprint density at radius 2 is 1.64 bits per heavy atom. The van der Waals surface area contributed by atoms with E-state index in [2.05, 4.69) is 30.4 Å². The first-order valence-corrected chi connectivity index (χ1v) is 12.4. The van der Waals surface area contributed by atoms with Gasteiger partial charge in [0, 0.05) is 30.8 Å². The number of nitrogens with zero attached hydrogens (tertiary/aromatic N) is 1. The van der Waals surface area contributed by atoms with Gasteiger partial charge in [-0.15, -0.1) is 11.8 Å². The monoisotopic (exact) mass is 480 g/mol. The Bertz CT molecular complexity index is 1060. The molecule has 0 spiro atoms. The Kier molecular flexibility index (Phi) is 9.40. The minimum absolute atomic E-state index is 0.0628. The zero-order valence-corrected chi connectivity index (χ0v) is 20.5. The van der Waals surface area contributed by atoms with Crippen LogP contribution < -0.4 is 5.32 Å². The number of likely N-dealkylation sites (N-methyl/N-ethyl adjacent to an activating group) is 1. The smallest absolute Gasteiger partial charge is 0.242 e. The maximum absolute atomic E-state index is 13.4. The molecule has 2 amide bonds. The van der Waals surface area contributed by atoms with Crippen molar-refractivity contribution in [1.82, 2.24) is 10.2 Å². The Morgan fingerprint density at radius 3 is 2.30 bits per heavy atom. The van der Waals surface area contributed by atoms with E-state index in [1.807, 2.05) is 48.5 Å². The Balaban J connectivity index is 1.80. The van der Waals surface area contributed by atoms with Gasteiger partial charge < -0.3 is 10.2 Å². The van der Waals surface area contributed by atoms with Gasteiger partial charge in [-0.25, -0.2) is 0 Å². The molecule has 3 rings (SSSR count). The first-order chi connectivity index (χ1) is 16.0. The minimum atomic E-state index is -0.611. The van der Waals surface area contributed by atoms with Gasteiger partial charge in [0.25, 0.3) is 0 Å². The topological polar surface area (TPSA) is 49.4 Å². The molecule has 33 heavy (non-hydrogen) atoms. The van der Waals surface area contributed by atoms with Gasteiger partial charge >= 0.3 is 0 Å². The van der Waals surface area contributed by atoms with Crippen molar-refractivity contribution in [3.05, 3.63) is 106 Å². The molecule has 0 aliphatic heterocycles. The summed E-state index contributed by atoms with van der Waals surface area (Å²) in [6.45, 7) is 2.40. The Morgan fingerprint density at radius 1 is 0.939 bits per heavy atom. The highest BCUT2D eigenvalue weighted by Crippen LogP contribution is 2.19. The number of hydrogen-bond acceptors (Lipinski definition) is 3. The van der Waals surface area contributed by atoms with Crippen molar-refractivity contribution in [3.63, 3.8) is 0 Å². The van der Waals surface area contributed by atoms with Gasteiger partial charge in [0.05, 0.1) is 5.75 Å². The molecule has 172 valence electrons. The molecular weight excluding hydrogens is 452 g/mol. The van der Waals surface area contributed by atoms with Gasteiger partial charge in [0.1, 0.15) is 6.04 Å².